The maximum Gasteiger partial charge on any atom is 0.169 e. The highest BCUT2D eigenvalue weighted by Crippen LogP contribution is 2.37. The molecular weight excluding hydrogens is 292 g/mol. The molecule has 1 fully saturated rings. The normalized spacial score (nSPS) is 22.0. The second kappa shape index (κ2) is 5.39. The van der Waals surface area contributed by atoms with Gasteiger partial charge in [0, 0.05) is 31.2 Å². The summed E-state index contributed by atoms with van der Waals surface area (Å²) in [6.07, 6.45) is 6.18. The van der Waals surface area contributed by atoms with E-state index in [2.05, 4.69) is 59.0 Å². The number of nitrogens with zero attached hydrogens (tertiary/aromatic N) is 3. The molecule has 0 aliphatic carbocycles. The lowest BCUT2D eigenvalue weighted by Crippen LogP contribution is -2.25. The third kappa shape index (κ3) is 2.61. The SMILES string of the molecule is CN1C(=S)N[C@H](c2ccccn2)[C@H]1c1ccn(C(C)(C)C)c1. The number of rotatable bonds is 2. The minimum Gasteiger partial charge on any atom is -0.352 e. The predicted octanol–water partition coefficient (Wildman–Crippen LogP) is 3.24. The van der Waals surface area contributed by atoms with Crippen molar-refractivity contribution in [1.82, 2.24) is 19.8 Å². The molecule has 2 aromatic rings. The Bertz CT molecular complexity index is 671. The molecule has 5 heteroatoms. The lowest BCUT2D eigenvalue weighted by molar-refractivity contribution is 0.362. The van der Waals surface area contributed by atoms with Crippen molar-refractivity contribution in [3.05, 3.63) is 54.1 Å². The first-order chi connectivity index (χ1) is 10.4. The first kappa shape index (κ1) is 15.0. The minimum absolute atomic E-state index is 0.0733. The van der Waals surface area contributed by atoms with Gasteiger partial charge < -0.3 is 14.8 Å². The van der Waals surface area contributed by atoms with Gasteiger partial charge in [-0.15, -0.1) is 0 Å². The maximum atomic E-state index is 5.46. The van der Waals surface area contributed by atoms with Crippen molar-refractivity contribution in [2.75, 3.05) is 7.05 Å². The molecule has 2 aromatic heterocycles. The maximum absolute atomic E-state index is 5.46. The molecule has 3 rings (SSSR count). The van der Waals surface area contributed by atoms with Crippen LogP contribution in [-0.4, -0.2) is 26.6 Å². The van der Waals surface area contributed by atoms with Crippen molar-refractivity contribution >= 4 is 17.3 Å². The zero-order valence-corrected chi connectivity index (χ0v) is 14.3. The summed E-state index contributed by atoms with van der Waals surface area (Å²) in [6, 6.07) is 8.42. The van der Waals surface area contributed by atoms with Crippen molar-refractivity contribution < 1.29 is 0 Å². The molecule has 1 aliphatic rings. The van der Waals surface area contributed by atoms with Gasteiger partial charge >= 0.3 is 0 Å². The summed E-state index contributed by atoms with van der Waals surface area (Å²) in [7, 11) is 2.04. The summed E-state index contributed by atoms with van der Waals surface area (Å²) in [5, 5.41) is 4.17. The predicted molar refractivity (Wildman–Crippen MR) is 92.6 cm³/mol. The fraction of sp³-hybridized carbons (Fsp3) is 0.412. The second-order valence-corrected chi connectivity index (χ2v) is 7.15. The Morgan fingerprint density at radius 2 is 2.00 bits per heavy atom. The van der Waals surface area contributed by atoms with Gasteiger partial charge in [-0.05, 0) is 56.8 Å². The molecule has 0 aromatic carbocycles. The van der Waals surface area contributed by atoms with E-state index in [4.69, 9.17) is 12.2 Å². The number of aromatic nitrogens is 2. The van der Waals surface area contributed by atoms with Crippen molar-refractivity contribution in [3.63, 3.8) is 0 Å². The summed E-state index contributed by atoms with van der Waals surface area (Å²) in [5.41, 5.74) is 2.34. The molecule has 0 bridgehead atoms. The van der Waals surface area contributed by atoms with E-state index in [9.17, 15) is 0 Å². The zero-order chi connectivity index (χ0) is 15.9. The fourth-order valence-electron chi connectivity index (χ4n) is 2.88. The van der Waals surface area contributed by atoms with Gasteiger partial charge in [-0.25, -0.2) is 0 Å². The van der Waals surface area contributed by atoms with Crippen molar-refractivity contribution in [2.24, 2.45) is 0 Å². The average molecular weight is 314 g/mol. The summed E-state index contributed by atoms with van der Waals surface area (Å²) < 4.78 is 2.24. The minimum atomic E-state index is 0.0733. The summed E-state index contributed by atoms with van der Waals surface area (Å²) in [5.74, 6) is 0. The van der Waals surface area contributed by atoms with E-state index in [1.807, 2.05) is 31.4 Å². The molecule has 0 unspecified atom stereocenters. The molecule has 1 N–H and O–H groups in total. The van der Waals surface area contributed by atoms with Crippen LogP contribution in [0.3, 0.4) is 0 Å². The van der Waals surface area contributed by atoms with E-state index < -0.39 is 0 Å². The lowest BCUT2D eigenvalue weighted by Gasteiger charge is -2.24. The molecule has 3 heterocycles. The van der Waals surface area contributed by atoms with E-state index in [0.29, 0.717) is 0 Å². The van der Waals surface area contributed by atoms with E-state index in [-0.39, 0.29) is 17.6 Å². The molecule has 4 nitrogen and oxygen atoms in total. The highest BCUT2D eigenvalue weighted by atomic mass is 32.1. The smallest absolute Gasteiger partial charge is 0.169 e. The Hall–Kier alpha value is -1.88. The molecule has 116 valence electrons. The van der Waals surface area contributed by atoms with Crippen LogP contribution in [0.4, 0.5) is 0 Å². The van der Waals surface area contributed by atoms with Gasteiger partial charge in [0.25, 0.3) is 0 Å². The Labute approximate surface area is 137 Å². The van der Waals surface area contributed by atoms with Crippen molar-refractivity contribution in [2.45, 2.75) is 38.4 Å². The molecule has 1 aliphatic heterocycles. The third-order valence-electron chi connectivity index (χ3n) is 4.17. The number of hydrogen-bond acceptors (Lipinski definition) is 2. The highest BCUT2D eigenvalue weighted by Gasteiger charge is 2.38. The van der Waals surface area contributed by atoms with E-state index in [0.717, 1.165) is 10.8 Å². The third-order valence-corrected chi connectivity index (χ3v) is 4.58. The first-order valence-corrected chi connectivity index (χ1v) is 7.91. The number of likely N-dealkylation sites (N-methyl/N-ethyl adjacent to an activating group) is 1. The first-order valence-electron chi connectivity index (χ1n) is 7.50. The quantitative estimate of drug-likeness (QED) is 0.863. The van der Waals surface area contributed by atoms with Crippen LogP contribution < -0.4 is 5.32 Å². The Kier molecular flexibility index (Phi) is 3.68. The van der Waals surface area contributed by atoms with Crippen LogP contribution in [0.15, 0.2) is 42.9 Å². The number of nitrogens with one attached hydrogen (secondary N) is 1. The molecule has 0 amide bonds. The molecular formula is C17H22N4S. The van der Waals surface area contributed by atoms with Crippen LogP contribution in [-0.2, 0) is 5.54 Å². The van der Waals surface area contributed by atoms with Gasteiger partial charge in [0.1, 0.15) is 0 Å². The number of thiocarbonyl (C=S) groups is 1. The topological polar surface area (TPSA) is 33.1 Å². The zero-order valence-electron chi connectivity index (χ0n) is 13.4. The standard InChI is InChI=1S/C17H22N4S/c1-17(2,3)21-10-8-12(11-21)15-14(19-16(22)20(15)4)13-7-5-6-9-18-13/h5-11,14-15H,1-4H3,(H,19,22)/t14-,15-/m1/s1. The van der Waals surface area contributed by atoms with Crippen LogP contribution in [0.2, 0.25) is 0 Å². The molecule has 0 saturated carbocycles. The van der Waals surface area contributed by atoms with Crippen LogP contribution in [0, 0.1) is 0 Å². The van der Waals surface area contributed by atoms with Gasteiger partial charge in [0.2, 0.25) is 0 Å². The number of pyridine rings is 1. The summed E-state index contributed by atoms with van der Waals surface area (Å²) >= 11 is 5.46. The highest BCUT2D eigenvalue weighted by molar-refractivity contribution is 7.80. The molecule has 0 radical (unpaired) electrons. The molecule has 22 heavy (non-hydrogen) atoms. The van der Waals surface area contributed by atoms with E-state index >= 15 is 0 Å². The van der Waals surface area contributed by atoms with Crippen molar-refractivity contribution in [3.8, 4) is 0 Å². The Morgan fingerprint density at radius 1 is 1.23 bits per heavy atom. The van der Waals surface area contributed by atoms with Crippen LogP contribution >= 0.6 is 12.2 Å². The largest absolute Gasteiger partial charge is 0.352 e. The van der Waals surface area contributed by atoms with Crippen molar-refractivity contribution in [1.29, 1.82) is 0 Å². The Balaban J connectivity index is 1.99. The van der Waals surface area contributed by atoms with Crippen LogP contribution in [0.25, 0.3) is 0 Å². The second-order valence-electron chi connectivity index (χ2n) is 6.76. The molecule has 0 spiro atoms. The number of hydrogen-bond donors (Lipinski definition) is 1. The Morgan fingerprint density at radius 3 is 2.59 bits per heavy atom. The van der Waals surface area contributed by atoms with E-state index in [1.54, 1.807) is 0 Å². The van der Waals surface area contributed by atoms with Gasteiger partial charge in [-0.3, -0.25) is 4.98 Å². The van der Waals surface area contributed by atoms with Gasteiger partial charge in [0.05, 0.1) is 17.8 Å². The molecule has 2 atom stereocenters. The lowest BCUT2D eigenvalue weighted by atomic mass is 9.99. The van der Waals surface area contributed by atoms with E-state index in [1.165, 1.54) is 5.56 Å². The van der Waals surface area contributed by atoms with Gasteiger partial charge in [0.15, 0.2) is 5.11 Å². The van der Waals surface area contributed by atoms with Crippen LogP contribution in [0.1, 0.15) is 44.1 Å². The fourth-order valence-corrected chi connectivity index (χ4v) is 3.12. The molecule has 1 saturated heterocycles. The average Bonchev–Trinajstić information content (AvgIpc) is 3.06. The monoisotopic (exact) mass is 314 g/mol. The van der Waals surface area contributed by atoms with Gasteiger partial charge in [-0.2, -0.15) is 0 Å². The van der Waals surface area contributed by atoms with Gasteiger partial charge in [-0.1, -0.05) is 6.07 Å². The summed E-state index contributed by atoms with van der Waals surface area (Å²) in [6.45, 7) is 6.61. The summed E-state index contributed by atoms with van der Waals surface area (Å²) in [4.78, 5) is 6.63. The van der Waals surface area contributed by atoms with Crippen LogP contribution in [0.5, 0.6) is 0 Å².